The van der Waals surface area contributed by atoms with Gasteiger partial charge in [-0.25, -0.2) is 0 Å². The van der Waals surface area contributed by atoms with E-state index in [1.165, 1.54) is 12.8 Å². The molecule has 3 heteroatoms. The van der Waals surface area contributed by atoms with Crippen LogP contribution in [0.1, 0.15) is 19.3 Å². The Balaban J connectivity index is 2.43. The molecule has 1 heterocycles. The van der Waals surface area contributed by atoms with E-state index in [1.807, 2.05) is 14.1 Å². The normalized spacial score (nSPS) is 24.7. The average Bonchev–Trinajstić information content (AvgIpc) is 2.30. The Morgan fingerprint density at radius 2 is 2.17 bits per heavy atom. The molecule has 1 saturated heterocycles. The maximum Gasteiger partial charge on any atom is 0.226 e. The quantitative estimate of drug-likeness (QED) is 0.620. The van der Waals surface area contributed by atoms with Crippen LogP contribution in [0.5, 0.6) is 0 Å². The van der Waals surface area contributed by atoms with Crippen LogP contribution in [0.15, 0.2) is 0 Å². The Labute approximate surface area is 74.1 Å². The first-order valence-electron chi connectivity index (χ1n) is 4.63. The highest BCUT2D eigenvalue weighted by molar-refractivity contribution is 5.78. The van der Waals surface area contributed by atoms with Gasteiger partial charge in [-0.1, -0.05) is 6.42 Å². The lowest BCUT2D eigenvalue weighted by molar-refractivity contribution is -0.132. The van der Waals surface area contributed by atoms with Gasteiger partial charge in [-0.3, -0.25) is 4.79 Å². The monoisotopic (exact) mass is 170 g/mol. The number of amides is 1. The van der Waals surface area contributed by atoms with Gasteiger partial charge < -0.3 is 10.2 Å². The van der Waals surface area contributed by atoms with E-state index in [0.717, 1.165) is 19.5 Å². The van der Waals surface area contributed by atoms with Gasteiger partial charge in [-0.05, 0) is 19.4 Å². The van der Waals surface area contributed by atoms with Gasteiger partial charge >= 0.3 is 0 Å². The predicted octanol–water partition coefficient (Wildman–Crippen LogP) is 0.464. The first-order valence-corrected chi connectivity index (χ1v) is 4.63. The molecule has 0 aromatic rings. The number of carbonyl (C=O) groups excluding carboxylic acids is 1. The number of nitrogens with zero attached hydrogens (tertiary/aromatic N) is 1. The topological polar surface area (TPSA) is 32.3 Å². The predicted molar refractivity (Wildman–Crippen MR) is 48.9 cm³/mol. The van der Waals surface area contributed by atoms with Gasteiger partial charge in [-0.2, -0.15) is 0 Å². The molecule has 0 spiro atoms. The number of hydrogen-bond donors (Lipinski definition) is 1. The molecule has 1 unspecified atom stereocenters. The van der Waals surface area contributed by atoms with E-state index >= 15 is 0 Å². The van der Waals surface area contributed by atoms with Crippen molar-refractivity contribution >= 4 is 5.91 Å². The summed E-state index contributed by atoms with van der Waals surface area (Å²) in [5, 5.41) is 3.29. The van der Waals surface area contributed by atoms with Crippen molar-refractivity contribution < 1.29 is 4.79 Å². The zero-order valence-corrected chi connectivity index (χ0v) is 7.97. The van der Waals surface area contributed by atoms with Crippen LogP contribution >= 0.6 is 0 Å². The fraction of sp³-hybridized carbons (Fsp3) is 0.889. The Morgan fingerprint density at radius 1 is 1.42 bits per heavy atom. The second-order valence-electron chi connectivity index (χ2n) is 3.63. The molecule has 1 atom stereocenters. The van der Waals surface area contributed by atoms with E-state index < -0.39 is 0 Å². The molecule has 0 bridgehead atoms. The van der Waals surface area contributed by atoms with Crippen LogP contribution in [0.25, 0.3) is 0 Å². The minimum absolute atomic E-state index is 0.211. The molecule has 3 nitrogen and oxygen atoms in total. The zero-order chi connectivity index (χ0) is 8.97. The maximum absolute atomic E-state index is 11.5. The van der Waals surface area contributed by atoms with Crippen molar-refractivity contribution in [3.63, 3.8) is 0 Å². The highest BCUT2D eigenvalue weighted by atomic mass is 16.2. The molecule has 1 N–H and O–H groups in total. The van der Waals surface area contributed by atoms with Gasteiger partial charge in [0.2, 0.25) is 5.91 Å². The summed E-state index contributed by atoms with van der Waals surface area (Å²) in [6.45, 7) is 1.92. The highest BCUT2D eigenvalue weighted by Gasteiger charge is 2.20. The van der Waals surface area contributed by atoms with Crippen LogP contribution in [-0.4, -0.2) is 38.0 Å². The van der Waals surface area contributed by atoms with Crippen LogP contribution in [0.2, 0.25) is 0 Å². The van der Waals surface area contributed by atoms with Crippen LogP contribution in [0.4, 0.5) is 0 Å². The second kappa shape index (κ2) is 4.45. The second-order valence-corrected chi connectivity index (χ2v) is 3.63. The molecular weight excluding hydrogens is 152 g/mol. The van der Waals surface area contributed by atoms with Gasteiger partial charge in [0.15, 0.2) is 0 Å². The molecule has 1 rings (SSSR count). The molecule has 0 aromatic carbocycles. The van der Waals surface area contributed by atoms with Crippen molar-refractivity contribution in [3.05, 3.63) is 0 Å². The van der Waals surface area contributed by atoms with E-state index in [1.54, 1.807) is 4.90 Å². The van der Waals surface area contributed by atoms with Crippen LogP contribution in [0, 0.1) is 5.92 Å². The summed E-state index contributed by atoms with van der Waals surface area (Å²) in [5.41, 5.74) is 0. The Bertz CT molecular complexity index is 149. The molecule has 0 saturated carbocycles. The summed E-state index contributed by atoms with van der Waals surface area (Å²) in [6.07, 6.45) is 3.43. The fourth-order valence-corrected chi connectivity index (χ4v) is 1.60. The van der Waals surface area contributed by atoms with Crippen LogP contribution in [-0.2, 0) is 4.79 Å². The van der Waals surface area contributed by atoms with Crippen molar-refractivity contribution in [1.82, 2.24) is 10.2 Å². The third kappa shape index (κ3) is 2.48. The van der Waals surface area contributed by atoms with E-state index in [4.69, 9.17) is 0 Å². The summed E-state index contributed by atoms with van der Waals surface area (Å²) >= 11 is 0. The van der Waals surface area contributed by atoms with Gasteiger partial charge in [-0.15, -0.1) is 0 Å². The molecule has 1 aliphatic heterocycles. The summed E-state index contributed by atoms with van der Waals surface area (Å²) in [7, 11) is 3.65. The molecule has 1 amide bonds. The number of hydrogen-bond acceptors (Lipinski definition) is 2. The lowest BCUT2D eigenvalue weighted by Crippen LogP contribution is -2.35. The van der Waals surface area contributed by atoms with Crippen LogP contribution in [0.3, 0.4) is 0 Å². The molecular formula is C9H18N2O. The molecule has 12 heavy (non-hydrogen) atoms. The fourth-order valence-electron chi connectivity index (χ4n) is 1.60. The highest BCUT2D eigenvalue weighted by Crippen LogP contribution is 2.12. The van der Waals surface area contributed by atoms with E-state index in [-0.39, 0.29) is 11.8 Å². The first-order chi connectivity index (χ1) is 5.72. The molecule has 0 aromatic heterocycles. The SMILES string of the molecule is CN(C)C(=O)C1CCCCNC1. The van der Waals surface area contributed by atoms with Crippen molar-refractivity contribution in [2.45, 2.75) is 19.3 Å². The standard InChI is InChI=1S/C9H18N2O/c1-11(2)9(12)8-5-3-4-6-10-7-8/h8,10H,3-7H2,1-2H3. The zero-order valence-electron chi connectivity index (χ0n) is 7.97. The van der Waals surface area contributed by atoms with Gasteiger partial charge in [0.25, 0.3) is 0 Å². The maximum atomic E-state index is 11.5. The molecule has 0 radical (unpaired) electrons. The van der Waals surface area contributed by atoms with E-state index in [0.29, 0.717) is 0 Å². The minimum Gasteiger partial charge on any atom is -0.349 e. The smallest absolute Gasteiger partial charge is 0.226 e. The molecule has 1 fully saturated rings. The van der Waals surface area contributed by atoms with Crippen molar-refractivity contribution in [2.24, 2.45) is 5.92 Å². The van der Waals surface area contributed by atoms with Gasteiger partial charge in [0, 0.05) is 20.6 Å². The van der Waals surface area contributed by atoms with Crippen LogP contribution < -0.4 is 5.32 Å². The Hall–Kier alpha value is -0.570. The number of rotatable bonds is 1. The van der Waals surface area contributed by atoms with Gasteiger partial charge in [0.1, 0.15) is 0 Å². The minimum atomic E-state index is 0.211. The summed E-state index contributed by atoms with van der Waals surface area (Å²) in [5.74, 6) is 0.479. The summed E-state index contributed by atoms with van der Waals surface area (Å²) in [6, 6.07) is 0. The Kier molecular flexibility index (Phi) is 3.53. The third-order valence-corrected chi connectivity index (χ3v) is 2.34. The lowest BCUT2D eigenvalue weighted by atomic mass is 10.0. The largest absolute Gasteiger partial charge is 0.349 e. The van der Waals surface area contributed by atoms with E-state index in [2.05, 4.69) is 5.32 Å². The number of carbonyl (C=O) groups is 1. The van der Waals surface area contributed by atoms with E-state index in [9.17, 15) is 4.79 Å². The van der Waals surface area contributed by atoms with Crippen molar-refractivity contribution in [2.75, 3.05) is 27.2 Å². The lowest BCUT2D eigenvalue weighted by Gasteiger charge is -2.18. The summed E-state index contributed by atoms with van der Waals surface area (Å²) in [4.78, 5) is 13.2. The molecule has 1 aliphatic rings. The van der Waals surface area contributed by atoms with Crippen molar-refractivity contribution in [1.29, 1.82) is 0 Å². The molecule has 70 valence electrons. The number of nitrogens with one attached hydrogen (secondary N) is 1. The molecule has 0 aliphatic carbocycles. The van der Waals surface area contributed by atoms with Crippen molar-refractivity contribution in [3.8, 4) is 0 Å². The average molecular weight is 170 g/mol. The first kappa shape index (κ1) is 9.52. The Morgan fingerprint density at radius 3 is 2.83 bits per heavy atom. The van der Waals surface area contributed by atoms with Gasteiger partial charge in [0.05, 0.1) is 5.92 Å². The third-order valence-electron chi connectivity index (χ3n) is 2.34. The summed E-state index contributed by atoms with van der Waals surface area (Å²) < 4.78 is 0.